The molecule has 20 heavy (non-hydrogen) atoms. The van der Waals surface area contributed by atoms with E-state index in [0.717, 1.165) is 38.5 Å². The number of anilines is 1. The van der Waals surface area contributed by atoms with Gasteiger partial charge in [-0.2, -0.15) is 0 Å². The molecule has 0 spiro atoms. The zero-order valence-corrected chi connectivity index (χ0v) is 12.9. The van der Waals surface area contributed by atoms with Crippen LogP contribution in [0, 0.1) is 5.92 Å². The van der Waals surface area contributed by atoms with E-state index in [4.69, 9.17) is 5.73 Å². The second-order valence-corrected chi connectivity index (χ2v) is 6.32. The first-order valence-electron chi connectivity index (χ1n) is 7.52. The second-order valence-electron chi connectivity index (χ2n) is 6.32. The summed E-state index contributed by atoms with van der Waals surface area (Å²) in [4.78, 5) is 13.4. The Balaban J connectivity index is 1.96. The molecule has 5 heteroatoms. The third-order valence-corrected chi connectivity index (χ3v) is 4.17. The van der Waals surface area contributed by atoms with Gasteiger partial charge < -0.3 is 10.6 Å². The fourth-order valence-electron chi connectivity index (χ4n) is 3.12. The summed E-state index contributed by atoms with van der Waals surface area (Å²) in [6.07, 6.45) is 4.75. The Labute approximate surface area is 122 Å². The SMILES string of the molecule is CC(C)CC(C)(CN)N1CCN(c2ncccn2)CC1. The van der Waals surface area contributed by atoms with Gasteiger partial charge in [0.2, 0.25) is 5.95 Å². The van der Waals surface area contributed by atoms with Crippen LogP contribution in [-0.4, -0.2) is 53.1 Å². The average molecular weight is 277 g/mol. The Morgan fingerprint density at radius 1 is 1.20 bits per heavy atom. The van der Waals surface area contributed by atoms with Crippen molar-refractivity contribution in [3.8, 4) is 0 Å². The Hall–Kier alpha value is -1.20. The normalized spacial score (nSPS) is 20.1. The van der Waals surface area contributed by atoms with Crippen molar-refractivity contribution in [2.45, 2.75) is 32.7 Å². The predicted octanol–water partition coefficient (Wildman–Crippen LogP) is 1.36. The van der Waals surface area contributed by atoms with Crippen LogP contribution in [0.25, 0.3) is 0 Å². The molecule has 1 aromatic heterocycles. The van der Waals surface area contributed by atoms with Crippen LogP contribution >= 0.6 is 0 Å². The third kappa shape index (κ3) is 3.46. The third-order valence-electron chi connectivity index (χ3n) is 4.17. The zero-order chi connectivity index (χ0) is 14.6. The van der Waals surface area contributed by atoms with E-state index in [1.165, 1.54) is 0 Å². The number of hydrogen-bond acceptors (Lipinski definition) is 5. The van der Waals surface area contributed by atoms with E-state index in [1.54, 1.807) is 12.4 Å². The Morgan fingerprint density at radius 2 is 1.80 bits per heavy atom. The van der Waals surface area contributed by atoms with Gasteiger partial charge in [0.15, 0.2) is 0 Å². The summed E-state index contributed by atoms with van der Waals surface area (Å²) in [7, 11) is 0. The Kier molecular flexibility index (Phi) is 4.94. The van der Waals surface area contributed by atoms with Gasteiger partial charge in [-0.3, -0.25) is 4.90 Å². The van der Waals surface area contributed by atoms with Crippen molar-refractivity contribution in [2.24, 2.45) is 11.7 Å². The summed E-state index contributed by atoms with van der Waals surface area (Å²) in [5.41, 5.74) is 6.16. The summed E-state index contributed by atoms with van der Waals surface area (Å²) in [6, 6.07) is 1.86. The molecular formula is C15H27N5. The lowest BCUT2D eigenvalue weighted by Gasteiger charge is -2.46. The molecule has 1 aliphatic heterocycles. The van der Waals surface area contributed by atoms with Crippen molar-refractivity contribution in [2.75, 3.05) is 37.6 Å². The molecule has 5 nitrogen and oxygen atoms in total. The molecule has 1 aromatic rings. The molecule has 0 aliphatic carbocycles. The fraction of sp³-hybridized carbons (Fsp3) is 0.733. The number of piperazine rings is 1. The predicted molar refractivity (Wildman–Crippen MR) is 82.7 cm³/mol. The molecule has 0 radical (unpaired) electrons. The molecule has 1 saturated heterocycles. The maximum Gasteiger partial charge on any atom is 0.225 e. The summed E-state index contributed by atoms with van der Waals surface area (Å²) in [5.74, 6) is 1.50. The quantitative estimate of drug-likeness (QED) is 0.880. The second kappa shape index (κ2) is 6.50. The van der Waals surface area contributed by atoms with Gasteiger partial charge in [0.05, 0.1) is 0 Å². The van der Waals surface area contributed by atoms with E-state index in [9.17, 15) is 0 Å². The van der Waals surface area contributed by atoms with Gasteiger partial charge in [-0.05, 0) is 25.3 Å². The van der Waals surface area contributed by atoms with Crippen LogP contribution < -0.4 is 10.6 Å². The minimum absolute atomic E-state index is 0.109. The van der Waals surface area contributed by atoms with Crippen molar-refractivity contribution in [1.82, 2.24) is 14.9 Å². The van der Waals surface area contributed by atoms with Crippen LogP contribution in [-0.2, 0) is 0 Å². The van der Waals surface area contributed by atoms with Gasteiger partial charge in [-0.1, -0.05) is 13.8 Å². The van der Waals surface area contributed by atoms with E-state index in [0.29, 0.717) is 12.5 Å². The Bertz CT molecular complexity index is 400. The smallest absolute Gasteiger partial charge is 0.225 e. The zero-order valence-electron chi connectivity index (χ0n) is 12.9. The van der Waals surface area contributed by atoms with Crippen LogP contribution in [0.4, 0.5) is 5.95 Å². The lowest BCUT2D eigenvalue weighted by atomic mass is 9.88. The largest absolute Gasteiger partial charge is 0.338 e. The molecule has 0 bridgehead atoms. The van der Waals surface area contributed by atoms with Crippen molar-refractivity contribution in [3.63, 3.8) is 0 Å². The van der Waals surface area contributed by atoms with Gasteiger partial charge in [0, 0.05) is 50.7 Å². The molecule has 2 N–H and O–H groups in total. The molecule has 1 fully saturated rings. The van der Waals surface area contributed by atoms with E-state index in [1.807, 2.05) is 6.07 Å². The first kappa shape index (κ1) is 15.2. The number of aromatic nitrogens is 2. The topological polar surface area (TPSA) is 58.3 Å². The van der Waals surface area contributed by atoms with E-state index < -0.39 is 0 Å². The average Bonchev–Trinajstić information content (AvgIpc) is 2.47. The molecule has 2 rings (SSSR count). The Morgan fingerprint density at radius 3 is 2.30 bits per heavy atom. The van der Waals surface area contributed by atoms with Gasteiger partial charge in [-0.25, -0.2) is 9.97 Å². The molecule has 1 aliphatic rings. The minimum atomic E-state index is 0.109. The highest BCUT2D eigenvalue weighted by Crippen LogP contribution is 2.25. The van der Waals surface area contributed by atoms with Gasteiger partial charge >= 0.3 is 0 Å². The molecule has 112 valence electrons. The van der Waals surface area contributed by atoms with Crippen LogP contribution in [0.1, 0.15) is 27.2 Å². The summed E-state index contributed by atoms with van der Waals surface area (Å²) < 4.78 is 0. The van der Waals surface area contributed by atoms with Crippen LogP contribution in [0.15, 0.2) is 18.5 Å². The summed E-state index contributed by atoms with van der Waals surface area (Å²) in [6.45, 7) is 11.5. The van der Waals surface area contributed by atoms with Crippen molar-refractivity contribution >= 4 is 5.95 Å². The van der Waals surface area contributed by atoms with Gasteiger partial charge in [0.1, 0.15) is 0 Å². The maximum absolute atomic E-state index is 6.05. The molecule has 0 saturated carbocycles. The minimum Gasteiger partial charge on any atom is -0.338 e. The molecule has 0 aromatic carbocycles. The highest BCUT2D eigenvalue weighted by molar-refractivity contribution is 5.29. The molecule has 1 unspecified atom stereocenters. The maximum atomic E-state index is 6.05. The van der Waals surface area contributed by atoms with Crippen molar-refractivity contribution in [1.29, 1.82) is 0 Å². The van der Waals surface area contributed by atoms with Crippen LogP contribution in [0.5, 0.6) is 0 Å². The number of hydrogen-bond donors (Lipinski definition) is 1. The highest BCUT2D eigenvalue weighted by atomic mass is 15.3. The van der Waals surface area contributed by atoms with Crippen molar-refractivity contribution < 1.29 is 0 Å². The number of nitrogens with zero attached hydrogens (tertiary/aromatic N) is 4. The molecule has 0 amide bonds. The number of nitrogens with two attached hydrogens (primary N) is 1. The van der Waals surface area contributed by atoms with Gasteiger partial charge in [-0.15, -0.1) is 0 Å². The van der Waals surface area contributed by atoms with Gasteiger partial charge in [0.25, 0.3) is 0 Å². The number of rotatable bonds is 5. The summed E-state index contributed by atoms with van der Waals surface area (Å²) >= 11 is 0. The molecule has 2 heterocycles. The van der Waals surface area contributed by atoms with Crippen LogP contribution in [0.2, 0.25) is 0 Å². The van der Waals surface area contributed by atoms with E-state index in [-0.39, 0.29) is 5.54 Å². The van der Waals surface area contributed by atoms with Crippen molar-refractivity contribution in [3.05, 3.63) is 18.5 Å². The fourth-order valence-corrected chi connectivity index (χ4v) is 3.12. The van der Waals surface area contributed by atoms with Crippen LogP contribution in [0.3, 0.4) is 0 Å². The summed E-state index contributed by atoms with van der Waals surface area (Å²) in [5, 5.41) is 0. The van der Waals surface area contributed by atoms with E-state index >= 15 is 0 Å². The standard InChI is InChI=1S/C15H27N5/c1-13(2)11-15(3,12-16)20-9-7-19(8-10-20)14-17-5-4-6-18-14/h4-6,13H,7-12,16H2,1-3H3. The lowest BCUT2D eigenvalue weighted by molar-refractivity contribution is 0.0822. The molecule has 1 atom stereocenters. The van der Waals surface area contributed by atoms with E-state index in [2.05, 4.69) is 40.5 Å². The highest BCUT2D eigenvalue weighted by Gasteiger charge is 2.33. The first-order valence-corrected chi connectivity index (χ1v) is 7.52. The lowest BCUT2D eigenvalue weighted by Crippen LogP contribution is -2.59. The monoisotopic (exact) mass is 277 g/mol. The first-order chi connectivity index (χ1) is 9.55. The molecular weight excluding hydrogens is 250 g/mol.